The van der Waals surface area contributed by atoms with Gasteiger partial charge >= 0.3 is 11.5 Å². The Kier molecular flexibility index (Phi) is 5.71. The lowest BCUT2D eigenvalue weighted by atomic mass is 10.1. The van der Waals surface area contributed by atoms with Crippen LogP contribution in [-0.2, 0) is 17.7 Å². The Balaban J connectivity index is 2.19. The molecular formula is C20H17BrN2O4. The monoisotopic (exact) mass is 428 g/mol. The highest BCUT2D eigenvalue weighted by molar-refractivity contribution is 9.10. The number of nitrogens with zero attached hydrogens (tertiary/aromatic N) is 2. The molecule has 0 aliphatic heterocycles. The summed E-state index contributed by atoms with van der Waals surface area (Å²) in [5, 5.41) is 10.2. The lowest BCUT2D eigenvalue weighted by Crippen LogP contribution is -2.26. The second-order valence-electron chi connectivity index (χ2n) is 5.86. The summed E-state index contributed by atoms with van der Waals surface area (Å²) in [5.74, 6) is -1.15. The van der Waals surface area contributed by atoms with Gasteiger partial charge < -0.3 is 14.4 Å². The van der Waals surface area contributed by atoms with Crippen molar-refractivity contribution >= 4 is 21.9 Å². The third-order valence-electron chi connectivity index (χ3n) is 4.11. The van der Waals surface area contributed by atoms with Crippen molar-refractivity contribution in [1.29, 1.82) is 0 Å². The van der Waals surface area contributed by atoms with Crippen molar-refractivity contribution in [1.82, 2.24) is 9.55 Å². The van der Waals surface area contributed by atoms with E-state index < -0.39 is 17.3 Å². The number of aromatic hydroxyl groups is 1. The number of hydrogen-bond donors (Lipinski definition) is 1. The highest BCUT2D eigenvalue weighted by Gasteiger charge is 2.24. The van der Waals surface area contributed by atoms with E-state index in [9.17, 15) is 14.7 Å². The average Bonchev–Trinajstić information content (AvgIpc) is 2.68. The van der Waals surface area contributed by atoms with Crippen molar-refractivity contribution in [2.75, 3.05) is 7.11 Å². The van der Waals surface area contributed by atoms with E-state index in [1.54, 1.807) is 0 Å². The number of halogens is 1. The van der Waals surface area contributed by atoms with Gasteiger partial charge in [0.15, 0.2) is 5.69 Å². The molecule has 0 saturated carbocycles. The summed E-state index contributed by atoms with van der Waals surface area (Å²) >= 11 is 3.48. The number of hydrogen-bond acceptors (Lipinski definition) is 5. The topological polar surface area (TPSA) is 81.4 Å². The minimum absolute atomic E-state index is 0.205. The predicted octanol–water partition coefficient (Wildman–Crippen LogP) is 3.14. The fourth-order valence-electron chi connectivity index (χ4n) is 2.78. The van der Waals surface area contributed by atoms with Gasteiger partial charge in [-0.3, -0.25) is 4.79 Å². The van der Waals surface area contributed by atoms with Crippen LogP contribution in [0.1, 0.15) is 27.4 Å². The van der Waals surface area contributed by atoms with E-state index in [-0.39, 0.29) is 12.2 Å². The Morgan fingerprint density at radius 1 is 1.15 bits per heavy atom. The molecular weight excluding hydrogens is 412 g/mol. The maximum Gasteiger partial charge on any atom is 0.358 e. The van der Waals surface area contributed by atoms with Crippen LogP contribution in [0, 0.1) is 0 Å². The second kappa shape index (κ2) is 8.18. The van der Waals surface area contributed by atoms with E-state index in [2.05, 4.69) is 20.9 Å². The third-order valence-corrected chi connectivity index (χ3v) is 4.88. The minimum atomic E-state index is -0.859. The molecule has 0 aliphatic carbocycles. The van der Waals surface area contributed by atoms with Crippen LogP contribution < -0.4 is 5.56 Å². The average molecular weight is 429 g/mol. The van der Waals surface area contributed by atoms with Crippen LogP contribution in [0.3, 0.4) is 0 Å². The number of carbonyl (C=O) groups is 1. The van der Waals surface area contributed by atoms with Crippen molar-refractivity contribution in [3.8, 4) is 5.75 Å². The largest absolute Gasteiger partial charge is 0.501 e. The number of ether oxygens (including phenoxy) is 1. The van der Waals surface area contributed by atoms with Crippen LogP contribution in [0.4, 0.5) is 0 Å². The Labute approximate surface area is 164 Å². The fourth-order valence-corrected chi connectivity index (χ4v) is 3.20. The Morgan fingerprint density at radius 3 is 2.48 bits per heavy atom. The van der Waals surface area contributed by atoms with E-state index in [4.69, 9.17) is 4.74 Å². The number of carbonyl (C=O) groups excluding carboxylic acids is 1. The number of aromatic nitrogens is 2. The fraction of sp³-hybridized carbons (Fsp3) is 0.150. The number of esters is 1. The number of methoxy groups -OCH3 is 1. The molecule has 0 saturated heterocycles. The van der Waals surface area contributed by atoms with E-state index in [0.717, 1.165) is 15.6 Å². The highest BCUT2D eigenvalue weighted by Crippen LogP contribution is 2.22. The molecule has 0 unspecified atom stereocenters. The van der Waals surface area contributed by atoms with Crippen molar-refractivity contribution in [2.24, 2.45) is 0 Å². The van der Waals surface area contributed by atoms with Gasteiger partial charge in [-0.15, -0.1) is 0 Å². The van der Waals surface area contributed by atoms with Gasteiger partial charge in [0.25, 0.3) is 0 Å². The second-order valence-corrected chi connectivity index (χ2v) is 6.72. The van der Waals surface area contributed by atoms with Gasteiger partial charge in [-0.1, -0.05) is 64.5 Å². The molecule has 0 fully saturated rings. The Bertz CT molecular complexity index is 1030. The molecule has 7 heteroatoms. The summed E-state index contributed by atoms with van der Waals surface area (Å²) in [7, 11) is 1.20. The van der Waals surface area contributed by atoms with Gasteiger partial charge in [0.05, 0.1) is 7.11 Å². The summed E-state index contributed by atoms with van der Waals surface area (Å²) in [4.78, 5) is 28.5. The first-order chi connectivity index (χ1) is 13.0. The molecule has 0 amide bonds. The number of benzene rings is 2. The Morgan fingerprint density at radius 2 is 1.81 bits per heavy atom. The van der Waals surface area contributed by atoms with Gasteiger partial charge in [-0.25, -0.2) is 4.79 Å². The van der Waals surface area contributed by atoms with E-state index in [0.29, 0.717) is 12.2 Å². The zero-order valence-electron chi connectivity index (χ0n) is 14.6. The molecule has 0 aliphatic rings. The third kappa shape index (κ3) is 4.09. The summed E-state index contributed by atoms with van der Waals surface area (Å²) in [5.41, 5.74) is 0.721. The van der Waals surface area contributed by atoms with Crippen LogP contribution in [0.15, 0.2) is 63.9 Å². The van der Waals surface area contributed by atoms with Gasteiger partial charge in [0.1, 0.15) is 5.82 Å². The molecule has 3 rings (SSSR count). The van der Waals surface area contributed by atoms with Crippen LogP contribution >= 0.6 is 15.9 Å². The van der Waals surface area contributed by atoms with E-state index in [1.807, 2.05) is 54.6 Å². The summed E-state index contributed by atoms with van der Waals surface area (Å²) in [6.07, 6.45) is 0.299. The molecule has 0 atom stereocenters. The van der Waals surface area contributed by atoms with E-state index >= 15 is 0 Å². The zero-order valence-corrected chi connectivity index (χ0v) is 16.1. The normalized spacial score (nSPS) is 10.6. The molecule has 0 spiro atoms. The smallest absolute Gasteiger partial charge is 0.358 e. The first kappa shape index (κ1) is 18.8. The maximum atomic E-state index is 12.3. The SMILES string of the molecule is COC(=O)c1c(O)c(=O)nc(Cc2ccccc2Br)n1Cc1ccccc1. The molecule has 6 nitrogen and oxygen atoms in total. The molecule has 0 radical (unpaired) electrons. The maximum absolute atomic E-state index is 12.3. The Hall–Kier alpha value is -2.93. The standard InChI is InChI=1S/C20H17BrN2O4/c1-27-20(26)17-18(24)19(25)22-16(11-14-9-5-6-10-15(14)21)23(17)12-13-7-3-2-4-8-13/h2-10,24H,11-12H2,1H3. The van der Waals surface area contributed by atoms with Crippen LogP contribution in [0.5, 0.6) is 5.75 Å². The van der Waals surface area contributed by atoms with E-state index in [1.165, 1.54) is 11.7 Å². The van der Waals surface area contributed by atoms with Crippen LogP contribution in [0.2, 0.25) is 0 Å². The predicted molar refractivity (Wildman–Crippen MR) is 104 cm³/mol. The molecule has 138 valence electrons. The van der Waals surface area contributed by atoms with Crippen molar-refractivity contribution in [2.45, 2.75) is 13.0 Å². The van der Waals surface area contributed by atoms with Crippen molar-refractivity contribution in [3.05, 3.63) is 92.1 Å². The minimum Gasteiger partial charge on any atom is -0.501 e. The van der Waals surface area contributed by atoms with Gasteiger partial charge in [0, 0.05) is 17.4 Å². The van der Waals surface area contributed by atoms with Gasteiger partial charge in [-0.05, 0) is 17.2 Å². The first-order valence-electron chi connectivity index (χ1n) is 8.19. The van der Waals surface area contributed by atoms with Crippen molar-refractivity contribution in [3.63, 3.8) is 0 Å². The molecule has 1 aromatic heterocycles. The summed E-state index contributed by atoms with van der Waals surface area (Å²) in [6.45, 7) is 0.256. The zero-order chi connectivity index (χ0) is 19.4. The quantitative estimate of drug-likeness (QED) is 0.631. The molecule has 2 aromatic carbocycles. The van der Waals surface area contributed by atoms with Gasteiger partial charge in [-0.2, -0.15) is 4.98 Å². The van der Waals surface area contributed by atoms with Crippen LogP contribution in [-0.4, -0.2) is 27.7 Å². The molecule has 1 N–H and O–H groups in total. The molecule has 27 heavy (non-hydrogen) atoms. The number of rotatable bonds is 5. The van der Waals surface area contributed by atoms with Crippen LogP contribution in [0.25, 0.3) is 0 Å². The van der Waals surface area contributed by atoms with Crippen molar-refractivity contribution < 1.29 is 14.6 Å². The molecule has 1 heterocycles. The lowest BCUT2D eigenvalue weighted by Gasteiger charge is -2.18. The summed E-state index contributed by atoms with van der Waals surface area (Å²) in [6, 6.07) is 16.9. The lowest BCUT2D eigenvalue weighted by molar-refractivity contribution is 0.0582. The molecule has 3 aromatic rings. The molecule has 0 bridgehead atoms. The first-order valence-corrected chi connectivity index (χ1v) is 8.99. The van der Waals surface area contributed by atoms with Gasteiger partial charge in [0.2, 0.25) is 5.75 Å². The highest BCUT2D eigenvalue weighted by atomic mass is 79.9. The summed E-state index contributed by atoms with van der Waals surface area (Å²) < 4.78 is 7.17.